The minimum absolute atomic E-state index is 0.208. The number of nitrogens with zero attached hydrogens (tertiary/aromatic N) is 1. The average molecular weight is 291 g/mol. The number of carbonyl (C=O) groups excluding carboxylic acids is 1. The van der Waals surface area contributed by atoms with Crippen LogP contribution in [0.15, 0.2) is 29.8 Å². The third kappa shape index (κ3) is 2.34. The number of carbonyl (C=O) groups is 1. The lowest BCUT2D eigenvalue weighted by Crippen LogP contribution is -2.17. The molecule has 6 heteroatoms. The molecule has 20 heavy (non-hydrogen) atoms. The van der Waals surface area contributed by atoms with E-state index in [1.807, 2.05) is 17.5 Å². The Hall–Kier alpha value is -2.08. The van der Waals surface area contributed by atoms with Gasteiger partial charge in [0.2, 0.25) is 6.79 Å². The van der Waals surface area contributed by atoms with E-state index in [4.69, 9.17) is 14.2 Å². The summed E-state index contributed by atoms with van der Waals surface area (Å²) in [7, 11) is 0. The Morgan fingerprint density at radius 1 is 1.45 bits per heavy atom. The maximum atomic E-state index is 12.2. The van der Waals surface area contributed by atoms with Crippen molar-refractivity contribution in [1.82, 2.24) is 4.98 Å². The molecule has 2 heterocycles. The van der Waals surface area contributed by atoms with Crippen LogP contribution in [-0.4, -0.2) is 24.4 Å². The number of thiazole rings is 1. The SMILES string of the molecule is CCOC(=O)C(c1ccc2c(c1)OCO2)c1nccs1. The molecule has 0 saturated carbocycles. The zero-order valence-electron chi connectivity index (χ0n) is 10.9. The predicted octanol–water partition coefficient (Wildman–Crippen LogP) is 2.57. The predicted molar refractivity (Wildman–Crippen MR) is 73.2 cm³/mol. The van der Waals surface area contributed by atoms with Crippen LogP contribution in [0.1, 0.15) is 23.4 Å². The second-order valence-electron chi connectivity index (χ2n) is 4.17. The van der Waals surface area contributed by atoms with Crippen molar-refractivity contribution in [1.29, 1.82) is 0 Å². The summed E-state index contributed by atoms with van der Waals surface area (Å²) in [4.78, 5) is 16.5. The van der Waals surface area contributed by atoms with Crippen LogP contribution in [0.2, 0.25) is 0 Å². The van der Waals surface area contributed by atoms with Crippen LogP contribution < -0.4 is 9.47 Å². The fraction of sp³-hybridized carbons (Fsp3) is 0.286. The molecule has 0 bridgehead atoms. The number of ether oxygens (including phenoxy) is 3. The van der Waals surface area contributed by atoms with Crippen molar-refractivity contribution in [3.63, 3.8) is 0 Å². The smallest absolute Gasteiger partial charge is 0.320 e. The first-order chi connectivity index (χ1) is 9.79. The van der Waals surface area contributed by atoms with Crippen molar-refractivity contribution in [3.05, 3.63) is 40.3 Å². The number of hydrogen-bond acceptors (Lipinski definition) is 6. The summed E-state index contributed by atoms with van der Waals surface area (Å²) in [6.45, 7) is 2.34. The van der Waals surface area contributed by atoms with E-state index in [9.17, 15) is 4.79 Å². The average Bonchev–Trinajstić information content (AvgIpc) is 3.09. The largest absolute Gasteiger partial charge is 0.465 e. The molecule has 0 amide bonds. The van der Waals surface area contributed by atoms with Gasteiger partial charge in [-0.2, -0.15) is 0 Å². The van der Waals surface area contributed by atoms with Crippen molar-refractivity contribution in [2.45, 2.75) is 12.8 Å². The third-order valence-corrected chi connectivity index (χ3v) is 3.79. The van der Waals surface area contributed by atoms with E-state index in [0.717, 1.165) is 5.56 Å². The van der Waals surface area contributed by atoms with E-state index in [2.05, 4.69) is 4.98 Å². The molecular weight excluding hydrogens is 278 g/mol. The molecule has 0 aliphatic carbocycles. The molecular formula is C14H13NO4S. The highest BCUT2D eigenvalue weighted by Crippen LogP contribution is 2.37. The molecule has 0 spiro atoms. The Morgan fingerprint density at radius 2 is 2.30 bits per heavy atom. The van der Waals surface area contributed by atoms with Crippen LogP contribution in [0.5, 0.6) is 11.5 Å². The molecule has 0 radical (unpaired) electrons. The Bertz CT molecular complexity index is 612. The molecule has 2 aromatic rings. The molecule has 0 fully saturated rings. The standard InChI is InChI=1S/C14H13NO4S/c1-2-17-14(16)12(13-15-5-6-20-13)9-3-4-10-11(7-9)19-8-18-10/h3-7,12H,2,8H2,1H3. The fourth-order valence-electron chi connectivity index (χ4n) is 2.07. The van der Waals surface area contributed by atoms with Gasteiger partial charge in [0, 0.05) is 11.6 Å². The summed E-state index contributed by atoms with van der Waals surface area (Å²) in [6, 6.07) is 5.46. The van der Waals surface area contributed by atoms with Crippen LogP contribution >= 0.6 is 11.3 Å². The molecule has 1 unspecified atom stereocenters. The monoisotopic (exact) mass is 291 g/mol. The first kappa shape index (κ1) is 12.9. The van der Waals surface area contributed by atoms with Gasteiger partial charge in [-0.25, -0.2) is 4.98 Å². The molecule has 104 valence electrons. The summed E-state index contributed by atoms with van der Waals surface area (Å²) in [6.07, 6.45) is 1.68. The maximum Gasteiger partial charge on any atom is 0.320 e. The number of esters is 1. The Kier molecular flexibility index (Phi) is 3.56. The molecule has 1 aliphatic rings. The van der Waals surface area contributed by atoms with Gasteiger partial charge in [0.1, 0.15) is 10.9 Å². The van der Waals surface area contributed by atoms with Gasteiger partial charge in [-0.3, -0.25) is 4.79 Å². The molecule has 5 nitrogen and oxygen atoms in total. The lowest BCUT2D eigenvalue weighted by Gasteiger charge is -2.14. The molecule has 1 atom stereocenters. The minimum Gasteiger partial charge on any atom is -0.465 e. The molecule has 3 rings (SSSR count). The van der Waals surface area contributed by atoms with E-state index in [0.29, 0.717) is 23.1 Å². The number of hydrogen-bond donors (Lipinski definition) is 0. The zero-order valence-corrected chi connectivity index (χ0v) is 11.7. The number of aromatic nitrogens is 1. The summed E-state index contributed by atoms with van der Waals surface area (Å²) >= 11 is 1.43. The topological polar surface area (TPSA) is 57.7 Å². The van der Waals surface area contributed by atoms with Gasteiger partial charge in [-0.1, -0.05) is 6.07 Å². The van der Waals surface area contributed by atoms with Gasteiger partial charge < -0.3 is 14.2 Å². The van der Waals surface area contributed by atoms with E-state index in [1.54, 1.807) is 19.2 Å². The molecule has 1 aliphatic heterocycles. The third-order valence-electron chi connectivity index (χ3n) is 2.95. The fourth-order valence-corrected chi connectivity index (χ4v) is 2.83. The number of fused-ring (bicyclic) bond motifs is 1. The van der Waals surface area contributed by atoms with Crippen LogP contribution in [0.4, 0.5) is 0 Å². The van der Waals surface area contributed by atoms with E-state index >= 15 is 0 Å². The van der Waals surface area contributed by atoms with Gasteiger partial charge >= 0.3 is 5.97 Å². The zero-order chi connectivity index (χ0) is 13.9. The molecule has 0 saturated heterocycles. The van der Waals surface area contributed by atoms with Crippen LogP contribution in [0.3, 0.4) is 0 Å². The number of benzene rings is 1. The normalized spacial score (nSPS) is 14.1. The van der Waals surface area contributed by atoms with E-state index in [1.165, 1.54) is 11.3 Å². The first-order valence-corrected chi connectivity index (χ1v) is 7.13. The van der Waals surface area contributed by atoms with Crippen molar-refractivity contribution >= 4 is 17.3 Å². The van der Waals surface area contributed by atoms with Crippen LogP contribution in [0.25, 0.3) is 0 Å². The Balaban J connectivity index is 1.99. The quantitative estimate of drug-likeness (QED) is 0.810. The summed E-state index contributed by atoms with van der Waals surface area (Å²) in [5.74, 6) is 0.509. The highest BCUT2D eigenvalue weighted by Gasteiger charge is 2.28. The highest BCUT2D eigenvalue weighted by atomic mass is 32.1. The van der Waals surface area contributed by atoms with Crippen molar-refractivity contribution < 1.29 is 19.0 Å². The van der Waals surface area contributed by atoms with Crippen LogP contribution in [-0.2, 0) is 9.53 Å². The van der Waals surface area contributed by atoms with Gasteiger partial charge in [-0.15, -0.1) is 11.3 Å². The summed E-state index contributed by atoms with van der Waals surface area (Å²) in [5, 5.41) is 2.55. The number of rotatable bonds is 4. The molecule has 1 aromatic carbocycles. The van der Waals surface area contributed by atoms with E-state index < -0.39 is 5.92 Å². The second kappa shape index (κ2) is 5.50. The summed E-state index contributed by atoms with van der Waals surface area (Å²) < 4.78 is 15.8. The Labute approximate surface area is 120 Å². The van der Waals surface area contributed by atoms with Crippen molar-refractivity contribution in [3.8, 4) is 11.5 Å². The highest BCUT2D eigenvalue weighted by molar-refractivity contribution is 7.09. The Morgan fingerprint density at radius 3 is 3.05 bits per heavy atom. The van der Waals surface area contributed by atoms with Crippen LogP contribution in [0, 0.1) is 0 Å². The van der Waals surface area contributed by atoms with Crippen molar-refractivity contribution in [2.75, 3.05) is 13.4 Å². The first-order valence-electron chi connectivity index (χ1n) is 6.25. The van der Waals surface area contributed by atoms with E-state index in [-0.39, 0.29) is 12.8 Å². The van der Waals surface area contributed by atoms with Gasteiger partial charge in [0.25, 0.3) is 0 Å². The van der Waals surface area contributed by atoms with Crippen molar-refractivity contribution in [2.24, 2.45) is 0 Å². The summed E-state index contributed by atoms with van der Waals surface area (Å²) in [5.41, 5.74) is 0.794. The molecule has 1 aromatic heterocycles. The maximum absolute atomic E-state index is 12.2. The lowest BCUT2D eigenvalue weighted by atomic mass is 9.99. The molecule has 0 N–H and O–H groups in total. The van der Waals surface area contributed by atoms with Gasteiger partial charge in [-0.05, 0) is 24.6 Å². The second-order valence-corrected chi connectivity index (χ2v) is 5.09. The minimum atomic E-state index is -0.524. The lowest BCUT2D eigenvalue weighted by molar-refractivity contribution is -0.143. The van der Waals surface area contributed by atoms with Gasteiger partial charge in [0.05, 0.1) is 6.61 Å². The van der Waals surface area contributed by atoms with Gasteiger partial charge in [0.15, 0.2) is 11.5 Å².